The lowest BCUT2D eigenvalue weighted by Gasteiger charge is -2.32. The Morgan fingerprint density at radius 3 is 2.36 bits per heavy atom. The SMILES string of the molecule is CCCNC(=O)CN1CCC(NC(=NC)NCCNC(C)(C)C)CC1. The minimum atomic E-state index is 0.134. The maximum absolute atomic E-state index is 11.8. The number of guanidine groups is 1. The fourth-order valence-electron chi connectivity index (χ4n) is 2.77. The van der Waals surface area contributed by atoms with Crippen molar-refractivity contribution in [1.82, 2.24) is 26.2 Å². The highest BCUT2D eigenvalue weighted by molar-refractivity contribution is 5.80. The highest BCUT2D eigenvalue weighted by Gasteiger charge is 2.21. The molecular weight excluding hydrogens is 316 g/mol. The molecule has 7 heteroatoms. The predicted octanol–water partition coefficient (Wildman–Crippen LogP) is 0.530. The summed E-state index contributed by atoms with van der Waals surface area (Å²) in [5.74, 6) is 0.993. The van der Waals surface area contributed by atoms with Crippen molar-refractivity contribution in [2.24, 2.45) is 4.99 Å². The van der Waals surface area contributed by atoms with E-state index in [1.165, 1.54) is 0 Å². The number of amides is 1. The van der Waals surface area contributed by atoms with Gasteiger partial charge >= 0.3 is 0 Å². The van der Waals surface area contributed by atoms with E-state index in [4.69, 9.17) is 0 Å². The van der Waals surface area contributed by atoms with Crippen LogP contribution >= 0.6 is 0 Å². The zero-order valence-corrected chi connectivity index (χ0v) is 16.7. The summed E-state index contributed by atoms with van der Waals surface area (Å²) in [5, 5.41) is 13.2. The monoisotopic (exact) mass is 354 g/mol. The van der Waals surface area contributed by atoms with Gasteiger partial charge in [0, 0.05) is 51.4 Å². The first kappa shape index (κ1) is 21.7. The van der Waals surface area contributed by atoms with Crippen LogP contribution in [0.15, 0.2) is 4.99 Å². The molecule has 1 rings (SSSR count). The van der Waals surface area contributed by atoms with E-state index in [9.17, 15) is 4.79 Å². The number of piperidine rings is 1. The quantitative estimate of drug-likeness (QED) is 0.290. The second-order valence-electron chi connectivity index (χ2n) is 7.72. The number of aliphatic imine (C=N–C) groups is 1. The molecule has 0 aliphatic carbocycles. The van der Waals surface area contributed by atoms with Crippen molar-refractivity contribution < 1.29 is 4.79 Å². The first-order chi connectivity index (χ1) is 11.8. The minimum Gasteiger partial charge on any atom is -0.355 e. The Bertz CT molecular complexity index is 410. The molecule has 1 aliphatic rings. The van der Waals surface area contributed by atoms with E-state index in [2.05, 4.69) is 58.9 Å². The van der Waals surface area contributed by atoms with E-state index < -0.39 is 0 Å². The lowest BCUT2D eigenvalue weighted by atomic mass is 10.1. The van der Waals surface area contributed by atoms with Crippen LogP contribution in [-0.4, -0.2) is 74.7 Å². The Balaban J connectivity index is 2.22. The summed E-state index contributed by atoms with van der Waals surface area (Å²) in [6, 6.07) is 0.414. The fraction of sp³-hybridized carbons (Fsp3) is 0.889. The number of hydrogen-bond donors (Lipinski definition) is 4. The summed E-state index contributed by atoms with van der Waals surface area (Å²) >= 11 is 0. The van der Waals surface area contributed by atoms with Crippen LogP contribution in [0.5, 0.6) is 0 Å². The maximum Gasteiger partial charge on any atom is 0.234 e. The molecule has 1 aliphatic heterocycles. The van der Waals surface area contributed by atoms with Crippen molar-refractivity contribution in [1.29, 1.82) is 0 Å². The number of hydrogen-bond acceptors (Lipinski definition) is 4. The van der Waals surface area contributed by atoms with E-state index in [-0.39, 0.29) is 11.4 Å². The molecule has 146 valence electrons. The van der Waals surface area contributed by atoms with Crippen molar-refractivity contribution in [3.8, 4) is 0 Å². The molecule has 0 bridgehead atoms. The largest absolute Gasteiger partial charge is 0.355 e. The normalized spacial score (nSPS) is 17.4. The maximum atomic E-state index is 11.8. The first-order valence-corrected chi connectivity index (χ1v) is 9.55. The third-order valence-corrected chi connectivity index (χ3v) is 4.16. The second kappa shape index (κ2) is 11.3. The number of carbonyl (C=O) groups excluding carboxylic acids is 1. The molecule has 0 unspecified atom stereocenters. The topological polar surface area (TPSA) is 80.8 Å². The lowest BCUT2D eigenvalue weighted by molar-refractivity contribution is -0.122. The summed E-state index contributed by atoms with van der Waals surface area (Å²) in [4.78, 5) is 18.3. The van der Waals surface area contributed by atoms with Gasteiger partial charge in [-0.1, -0.05) is 6.92 Å². The van der Waals surface area contributed by atoms with Gasteiger partial charge in [0.1, 0.15) is 0 Å². The number of likely N-dealkylation sites (tertiary alicyclic amines) is 1. The Hall–Kier alpha value is -1.34. The van der Waals surface area contributed by atoms with Crippen molar-refractivity contribution in [2.75, 3.05) is 46.3 Å². The van der Waals surface area contributed by atoms with E-state index >= 15 is 0 Å². The van der Waals surface area contributed by atoms with Crippen molar-refractivity contribution in [3.05, 3.63) is 0 Å². The molecule has 0 atom stereocenters. The average molecular weight is 355 g/mol. The third-order valence-electron chi connectivity index (χ3n) is 4.16. The Morgan fingerprint density at radius 1 is 1.12 bits per heavy atom. The standard InChI is InChI=1S/C18H38N6O/c1-6-9-20-16(25)14-24-12-7-15(8-13-24)23-17(19-5)21-10-11-22-18(2,3)4/h15,22H,6-14H2,1-5H3,(H,20,25)(H2,19,21,23). The molecule has 0 aromatic heterocycles. The van der Waals surface area contributed by atoms with Crippen LogP contribution in [0.1, 0.15) is 47.0 Å². The van der Waals surface area contributed by atoms with Gasteiger partial charge < -0.3 is 21.3 Å². The molecule has 0 saturated carbocycles. The molecule has 0 aromatic rings. The summed E-state index contributed by atoms with van der Waals surface area (Å²) < 4.78 is 0. The van der Waals surface area contributed by atoms with Gasteiger partial charge in [-0.2, -0.15) is 0 Å². The number of rotatable bonds is 8. The molecule has 0 aromatic carbocycles. The van der Waals surface area contributed by atoms with Gasteiger partial charge in [-0.15, -0.1) is 0 Å². The van der Waals surface area contributed by atoms with E-state index in [0.717, 1.165) is 57.9 Å². The summed E-state index contributed by atoms with van der Waals surface area (Å²) in [5.41, 5.74) is 0.134. The van der Waals surface area contributed by atoms with Gasteiger partial charge in [-0.05, 0) is 40.0 Å². The molecule has 25 heavy (non-hydrogen) atoms. The number of nitrogens with zero attached hydrogens (tertiary/aromatic N) is 2. The molecular formula is C18H38N6O. The molecule has 1 saturated heterocycles. The van der Waals surface area contributed by atoms with E-state index in [1.54, 1.807) is 7.05 Å². The average Bonchev–Trinajstić information content (AvgIpc) is 2.56. The van der Waals surface area contributed by atoms with Gasteiger partial charge in [-0.3, -0.25) is 14.7 Å². The molecule has 4 N–H and O–H groups in total. The highest BCUT2D eigenvalue weighted by atomic mass is 16.2. The van der Waals surface area contributed by atoms with Gasteiger partial charge in [0.25, 0.3) is 0 Å². The first-order valence-electron chi connectivity index (χ1n) is 9.55. The van der Waals surface area contributed by atoms with Crippen LogP contribution in [0.4, 0.5) is 0 Å². The van der Waals surface area contributed by atoms with Crippen LogP contribution < -0.4 is 21.3 Å². The van der Waals surface area contributed by atoms with E-state index in [0.29, 0.717) is 12.6 Å². The Morgan fingerprint density at radius 2 is 1.80 bits per heavy atom. The van der Waals surface area contributed by atoms with Crippen molar-refractivity contribution >= 4 is 11.9 Å². The Kier molecular flexibility index (Phi) is 9.82. The summed E-state index contributed by atoms with van der Waals surface area (Å²) in [7, 11) is 1.81. The molecule has 7 nitrogen and oxygen atoms in total. The van der Waals surface area contributed by atoms with Crippen LogP contribution in [0, 0.1) is 0 Å². The van der Waals surface area contributed by atoms with Crippen LogP contribution in [-0.2, 0) is 4.79 Å². The molecule has 0 radical (unpaired) electrons. The van der Waals surface area contributed by atoms with Crippen molar-refractivity contribution in [3.63, 3.8) is 0 Å². The lowest BCUT2D eigenvalue weighted by Crippen LogP contribution is -2.51. The predicted molar refractivity (Wildman–Crippen MR) is 105 cm³/mol. The summed E-state index contributed by atoms with van der Waals surface area (Å²) in [6.45, 7) is 13.5. The molecule has 1 amide bonds. The van der Waals surface area contributed by atoms with Crippen molar-refractivity contribution in [2.45, 2.75) is 58.5 Å². The van der Waals surface area contributed by atoms with Crippen LogP contribution in [0.2, 0.25) is 0 Å². The zero-order valence-electron chi connectivity index (χ0n) is 16.7. The number of nitrogens with one attached hydrogen (secondary N) is 4. The smallest absolute Gasteiger partial charge is 0.234 e. The van der Waals surface area contributed by atoms with Gasteiger partial charge in [-0.25, -0.2) is 0 Å². The van der Waals surface area contributed by atoms with Crippen LogP contribution in [0.3, 0.4) is 0 Å². The second-order valence-corrected chi connectivity index (χ2v) is 7.72. The molecule has 1 fully saturated rings. The van der Waals surface area contributed by atoms with Gasteiger partial charge in [0.2, 0.25) is 5.91 Å². The third kappa shape index (κ3) is 10.3. The minimum absolute atomic E-state index is 0.134. The van der Waals surface area contributed by atoms with Gasteiger partial charge in [0.05, 0.1) is 6.54 Å². The highest BCUT2D eigenvalue weighted by Crippen LogP contribution is 2.09. The Labute approximate surface area is 153 Å². The number of carbonyl (C=O) groups is 1. The molecule has 0 spiro atoms. The fourth-order valence-corrected chi connectivity index (χ4v) is 2.77. The zero-order chi connectivity index (χ0) is 18.7. The van der Waals surface area contributed by atoms with Gasteiger partial charge in [0.15, 0.2) is 5.96 Å². The summed E-state index contributed by atoms with van der Waals surface area (Å²) in [6.07, 6.45) is 3.04. The van der Waals surface area contributed by atoms with Crippen LogP contribution in [0.25, 0.3) is 0 Å². The van der Waals surface area contributed by atoms with E-state index in [1.807, 2.05) is 0 Å². The molecule has 1 heterocycles.